The number of pyridine rings is 1. The third-order valence-corrected chi connectivity index (χ3v) is 5.13. The molecule has 3 aromatic rings. The first-order valence-electron chi connectivity index (χ1n) is 8.73. The van der Waals surface area contributed by atoms with Crippen molar-refractivity contribution in [3.05, 3.63) is 70.9 Å². The van der Waals surface area contributed by atoms with Crippen molar-refractivity contribution in [2.24, 2.45) is 5.10 Å². The molecule has 0 saturated carbocycles. The van der Waals surface area contributed by atoms with Crippen LogP contribution in [0.2, 0.25) is 0 Å². The Morgan fingerprint density at radius 2 is 1.93 bits per heavy atom. The van der Waals surface area contributed by atoms with Gasteiger partial charge in [-0.15, -0.1) is 11.8 Å². The van der Waals surface area contributed by atoms with Crippen LogP contribution in [0.15, 0.2) is 58.5 Å². The summed E-state index contributed by atoms with van der Waals surface area (Å²) in [6.07, 6.45) is -3.48. The van der Waals surface area contributed by atoms with E-state index in [1.165, 1.54) is 30.0 Å². The van der Waals surface area contributed by atoms with E-state index in [4.69, 9.17) is 0 Å². The van der Waals surface area contributed by atoms with Gasteiger partial charge in [-0.2, -0.15) is 18.3 Å². The van der Waals surface area contributed by atoms with E-state index in [9.17, 15) is 18.0 Å². The first-order chi connectivity index (χ1) is 13.7. The standard InChI is InChI=1S/C21H18F3N3OS/c1-13-7-8-18-16(9-13)19(10-14(2)26-18)29-12-20(28)27-25-11-15-5-3-4-6-17(15)21(22,23)24/h3-11H,12H2,1-2H3,(H,27,28)/b25-11-. The molecule has 0 fully saturated rings. The summed E-state index contributed by atoms with van der Waals surface area (Å²) in [5.41, 5.74) is 4.14. The summed E-state index contributed by atoms with van der Waals surface area (Å²) in [6.45, 7) is 3.86. The van der Waals surface area contributed by atoms with E-state index >= 15 is 0 Å². The fraction of sp³-hybridized carbons (Fsp3) is 0.190. The van der Waals surface area contributed by atoms with Crippen LogP contribution in [0.25, 0.3) is 10.9 Å². The number of halogens is 3. The highest BCUT2D eigenvalue weighted by atomic mass is 32.2. The Kier molecular flexibility index (Phi) is 6.22. The lowest BCUT2D eigenvalue weighted by molar-refractivity contribution is -0.137. The highest BCUT2D eigenvalue weighted by Gasteiger charge is 2.32. The predicted molar refractivity (Wildman–Crippen MR) is 109 cm³/mol. The molecule has 29 heavy (non-hydrogen) atoms. The maximum Gasteiger partial charge on any atom is 0.417 e. The van der Waals surface area contributed by atoms with E-state index in [2.05, 4.69) is 15.5 Å². The summed E-state index contributed by atoms with van der Waals surface area (Å²) >= 11 is 1.33. The van der Waals surface area contributed by atoms with Crippen LogP contribution in [0.1, 0.15) is 22.4 Å². The second-order valence-corrected chi connectivity index (χ2v) is 7.47. The number of aryl methyl sites for hydroxylation is 2. The van der Waals surface area contributed by atoms with Crippen molar-refractivity contribution in [1.82, 2.24) is 10.4 Å². The van der Waals surface area contributed by atoms with Gasteiger partial charge in [0, 0.05) is 21.5 Å². The van der Waals surface area contributed by atoms with Crippen LogP contribution in [0.3, 0.4) is 0 Å². The summed E-state index contributed by atoms with van der Waals surface area (Å²) in [4.78, 5) is 17.5. The first kappa shape index (κ1) is 20.9. The third kappa shape index (κ3) is 5.35. The smallest absolute Gasteiger partial charge is 0.272 e. The number of hydrogen-bond donors (Lipinski definition) is 1. The highest BCUT2D eigenvalue weighted by molar-refractivity contribution is 8.00. The van der Waals surface area contributed by atoms with Crippen LogP contribution in [0, 0.1) is 13.8 Å². The Labute approximate surface area is 170 Å². The summed E-state index contributed by atoms with van der Waals surface area (Å²) in [5.74, 6) is -0.337. The van der Waals surface area contributed by atoms with Crippen molar-refractivity contribution in [1.29, 1.82) is 0 Å². The zero-order chi connectivity index (χ0) is 21.0. The number of hydrogen-bond acceptors (Lipinski definition) is 4. The summed E-state index contributed by atoms with van der Waals surface area (Å²) in [5, 5.41) is 4.63. The summed E-state index contributed by atoms with van der Waals surface area (Å²) in [7, 11) is 0. The van der Waals surface area contributed by atoms with Gasteiger partial charge in [0.1, 0.15) is 0 Å². The zero-order valence-electron chi connectivity index (χ0n) is 15.7. The Balaban J connectivity index is 1.67. The van der Waals surface area contributed by atoms with Crippen LogP contribution in [-0.4, -0.2) is 22.9 Å². The molecule has 1 amide bonds. The molecular formula is C21H18F3N3OS. The lowest BCUT2D eigenvalue weighted by Gasteiger charge is -2.09. The molecular weight excluding hydrogens is 399 g/mol. The topological polar surface area (TPSA) is 54.4 Å². The SMILES string of the molecule is Cc1ccc2nc(C)cc(SCC(=O)N/N=C\c3ccccc3C(F)(F)F)c2c1. The molecule has 0 spiro atoms. The molecule has 0 aliphatic carbocycles. The number of hydrazone groups is 1. The van der Waals surface area contributed by atoms with E-state index in [1.54, 1.807) is 0 Å². The zero-order valence-corrected chi connectivity index (χ0v) is 16.6. The highest BCUT2D eigenvalue weighted by Crippen LogP contribution is 2.31. The van der Waals surface area contributed by atoms with Gasteiger partial charge in [-0.1, -0.05) is 29.8 Å². The fourth-order valence-corrected chi connectivity index (χ4v) is 3.70. The minimum atomic E-state index is -4.49. The van der Waals surface area contributed by atoms with Gasteiger partial charge >= 0.3 is 6.18 Å². The molecule has 3 rings (SSSR count). The van der Waals surface area contributed by atoms with Crippen LogP contribution >= 0.6 is 11.8 Å². The molecule has 0 aliphatic heterocycles. The molecule has 1 N–H and O–H groups in total. The number of fused-ring (bicyclic) bond motifs is 1. The number of rotatable bonds is 5. The fourth-order valence-electron chi connectivity index (χ4n) is 2.77. The Hall–Kier alpha value is -2.87. The summed E-state index contributed by atoms with van der Waals surface area (Å²) in [6, 6.07) is 12.9. The van der Waals surface area contributed by atoms with E-state index in [0.29, 0.717) is 0 Å². The maximum absolute atomic E-state index is 13.0. The molecule has 0 saturated heterocycles. The number of amides is 1. The number of carbonyl (C=O) groups is 1. The molecule has 0 aliphatic rings. The van der Waals surface area contributed by atoms with Gasteiger partial charge < -0.3 is 0 Å². The van der Waals surface area contributed by atoms with Crippen molar-refractivity contribution in [2.45, 2.75) is 24.9 Å². The quantitative estimate of drug-likeness (QED) is 0.356. The number of aromatic nitrogens is 1. The largest absolute Gasteiger partial charge is 0.417 e. The van der Waals surface area contributed by atoms with Crippen molar-refractivity contribution in [2.75, 3.05) is 5.75 Å². The summed E-state index contributed by atoms with van der Waals surface area (Å²) < 4.78 is 38.9. The van der Waals surface area contributed by atoms with Gasteiger partial charge in [-0.3, -0.25) is 9.78 Å². The maximum atomic E-state index is 13.0. The van der Waals surface area contributed by atoms with Crippen molar-refractivity contribution < 1.29 is 18.0 Å². The number of benzene rings is 2. The molecule has 0 atom stereocenters. The van der Waals surface area contributed by atoms with Crippen LogP contribution in [0.5, 0.6) is 0 Å². The number of nitrogens with one attached hydrogen (secondary N) is 1. The van der Waals surface area contributed by atoms with E-state index in [1.807, 2.05) is 38.1 Å². The predicted octanol–water partition coefficient (Wildman–Crippen LogP) is 5.11. The minimum Gasteiger partial charge on any atom is -0.272 e. The molecule has 150 valence electrons. The van der Waals surface area contributed by atoms with Crippen LogP contribution in [0.4, 0.5) is 13.2 Å². The normalized spacial score (nSPS) is 11.9. The Bertz CT molecular complexity index is 1080. The molecule has 0 unspecified atom stereocenters. The van der Waals surface area contributed by atoms with Gasteiger partial charge in [0.25, 0.3) is 0 Å². The number of thioether (sulfide) groups is 1. The third-order valence-electron chi connectivity index (χ3n) is 4.07. The molecule has 1 heterocycles. The van der Waals surface area contributed by atoms with Crippen molar-refractivity contribution in [3.8, 4) is 0 Å². The van der Waals surface area contributed by atoms with Gasteiger partial charge in [-0.05, 0) is 38.1 Å². The van der Waals surface area contributed by atoms with E-state index in [-0.39, 0.29) is 11.3 Å². The van der Waals surface area contributed by atoms with Gasteiger partial charge in [-0.25, -0.2) is 5.43 Å². The lowest BCUT2D eigenvalue weighted by atomic mass is 10.1. The molecule has 0 bridgehead atoms. The van der Waals surface area contributed by atoms with Crippen LogP contribution < -0.4 is 5.43 Å². The second-order valence-electron chi connectivity index (χ2n) is 6.45. The van der Waals surface area contributed by atoms with E-state index < -0.39 is 17.6 Å². The monoisotopic (exact) mass is 417 g/mol. The number of carbonyl (C=O) groups excluding carboxylic acids is 1. The first-order valence-corrected chi connectivity index (χ1v) is 9.71. The van der Waals surface area contributed by atoms with Crippen molar-refractivity contribution >= 4 is 34.8 Å². The lowest BCUT2D eigenvalue weighted by Crippen LogP contribution is -2.20. The van der Waals surface area contributed by atoms with Gasteiger partial charge in [0.2, 0.25) is 5.91 Å². The molecule has 8 heteroatoms. The van der Waals surface area contributed by atoms with Gasteiger partial charge in [0.15, 0.2) is 0 Å². The molecule has 1 aromatic heterocycles. The minimum absolute atomic E-state index is 0.0742. The second kappa shape index (κ2) is 8.65. The van der Waals surface area contributed by atoms with E-state index in [0.717, 1.165) is 39.3 Å². The average molecular weight is 417 g/mol. The average Bonchev–Trinajstić information content (AvgIpc) is 2.66. The number of nitrogens with zero attached hydrogens (tertiary/aromatic N) is 2. The Morgan fingerprint density at radius 1 is 1.17 bits per heavy atom. The molecule has 2 aromatic carbocycles. The Morgan fingerprint density at radius 3 is 2.69 bits per heavy atom. The van der Waals surface area contributed by atoms with Crippen LogP contribution in [-0.2, 0) is 11.0 Å². The number of alkyl halides is 3. The van der Waals surface area contributed by atoms with Crippen molar-refractivity contribution in [3.63, 3.8) is 0 Å². The molecule has 0 radical (unpaired) electrons. The molecule has 4 nitrogen and oxygen atoms in total. The van der Waals surface area contributed by atoms with Gasteiger partial charge in [0.05, 0.1) is 23.0 Å².